The standard InChI is InChI=1S/C9H15N5OS/c1-13(7-2-3-16-5-7)8(15)4-14-6-11-9(10)12-14/h6-7H,2-5H2,1H3,(H2,10,12). The van der Waals surface area contributed by atoms with E-state index in [0.717, 1.165) is 17.9 Å². The molecule has 1 fully saturated rings. The Kier molecular flexibility index (Phi) is 3.33. The fourth-order valence-corrected chi connectivity index (χ4v) is 2.93. The van der Waals surface area contributed by atoms with Crippen LogP contribution in [0, 0.1) is 0 Å². The zero-order chi connectivity index (χ0) is 11.5. The summed E-state index contributed by atoms with van der Waals surface area (Å²) in [4.78, 5) is 17.5. The van der Waals surface area contributed by atoms with E-state index in [2.05, 4.69) is 10.1 Å². The van der Waals surface area contributed by atoms with Crippen molar-refractivity contribution in [3.8, 4) is 0 Å². The van der Waals surface area contributed by atoms with Gasteiger partial charge in [0, 0.05) is 18.8 Å². The molecular weight excluding hydrogens is 226 g/mol. The third kappa shape index (κ3) is 2.46. The summed E-state index contributed by atoms with van der Waals surface area (Å²) in [7, 11) is 1.85. The van der Waals surface area contributed by atoms with Crippen molar-refractivity contribution in [2.45, 2.75) is 19.0 Å². The number of nitrogens with zero attached hydrogens (tertiary/aromatic N) is 4. The normalized spacial score (nSPS) is 19.9. The molecule has 1 atom stereocenters. The van der Waals surface area contributed by atoms with Crippen LogP contribution < -0.4 is 5.73 Å². The highest BCUT2D eigenvalue weighted by atomic mass is 32.2. The molecular formula is C9H15N5OS. The van der Waals surface area contributed by atoms with Gasteiger partial charge in [-0.05, 0) is 12.2 Å². The highest BCUT2D eigenvalue weighted by molar-refractivity contribution is 7.99. The number of rotatable bonds is 3. The number of carbonyl (C=O) groups is 1. The molecule has 2 rings (SSSR count). The third-order valence-electron chi connectivity index (χ3n) is 2.70. The molecule has 16 heavy (non-hydrogen) atoms. The van der Waals surface area contributed by atoms with Crippen LogP contribution in [0.25, 0.3) is 0 Å². The molecule has 1 aliphatic rings. The average molecular weight is 241 g/mol. The zero-order valence-corrected chi connectivity index (χ0v) is 9.98. The number of amides is 1. The summed E-state index contributed by atoms with van der Waals surface area (Å²) in [5, 5.41) is 3.89. The van der Waals surface area contributed by atoms with Crippen LogP contribution in [0.3, 0.4) is 0 Å². The smallest absolute Gasteiger partial charge is 0.244 e. The van der Waals surface area contributed by atoms with Crippen molar-refractivity contribution in [1.29, 1.82) is 0 Å². The minimum atomic E-state index is 0.0531. The van der Waals surface area contributed by atoms with E-state index in [1.54, 1.807) is 4.90 Å². The Morgan fingerprint density at radius 2 is 2.62 bits per heavy atom. The predicted octanol–water partition coefficient (Wildman–Crippen LogP) is -0.176. The zero-order valence-electron chi connectivity index (χ0n) is 9.17. The Morgan fingerprint density at radius 1 is 1.81 bits per heavy atom. The van der Waals surface area contributed by atoms with E-state index < -0.39 is 0 Å². The van der Waals surface area contributed by atoms with Crippen molar-refractivity contribution < 1.29 is 4.79 Å². The Bertz CT molecular complexity index is 374. The fourth-order valence-electron chi connectivity index (χ4n) is 1.67. The van der Waals surface area contributed by atoms with E-state index >= 15 is 0 Å². The summed E-state index contributed by atoms with van der Waals surface area (Å²) in [5.74, 6) is 2.42. The third-order valence-corrected chi connectivity index (χ3v) is 3.84. The molecule has 1 aliphatic heterocycles. The lowest BCUT2D eigenvalue weighted by Crippen LogP contribution is -2.39. The second-order valence-corrected chi connectivity index (χ2v) is 4.97. The molecule has 2 heterocycles. The van der Waals surface area contributed by atoms with Gasteiger partial charge in [0.1, 0.15) is 12.9 Å². The molecule has 1 unspecified atom stereocenters. The van der Waals surface area contributed by atoms with Gasteiger partial charge in [-0.3, -0.25) is 4.79 Å². The summed E-state index contributed by atoms with van der Waals surface area (Å²) in [6.07, 6.45) is 2.55. The minimum Gasteiger partial charge on any atom is -0.367 e. The van der Waals surface area contributed by atoms with Gasteiger partial charge in [-0.15, -0.1) is 5.10 Å². The molecule has 0 bridgehead atoms. The molecule has 1 saturated heterocycles. The monoisotopic (exact) mass is 241 g/mol. The molecule has 1 aromatic heterocycles. The van der Waals surface area contributed by atoms with Crippen LogP contribution in [0.1, 0.15) is 6.42 Å². The van der Waals surface area contributed by atoms with Crippen LogP contribution in [0.4, 0.5) is 5.95 Å². The molecule has 1 aromatic rings. The molecule has 0 saturated carbocycles. The number of nitrogens with two attached hydrogens (primary N) is 1. The molecule has 7 heteroatoms. The first-order valence-electron chi connectivity index (χ1n) is 5.15. The van der Waals surface area contributed by atoms with Crippen LogP contribution in [0.5, 0.6) is 0 Å². The Morgan fingerprint density at radius 3 is 3.19 bits per heavy atom. The minimum absolute atomic E-state index is 0.0531. The van der Waals surface area contributed by atoms with Gasteiger partial charge in [-0.2, -0.15) is 11.8 Å². The molecule has 6 nitrogen and oxygen atoms in total. The lowest BCUT2D eigenvalue weighted by Gasteiger charge is -2.23. The maximum atomic E-state index is 11.9. The van der Waals surface area contributed by atoms with Crippen molar-refractivity contribution in [2.75, 3.05) is 24.3 Å². The Labute approximate surface area is 98.2 Å². The summed E-state index contributed by atoms with van der Waals surface area (Å²) in [6.45, 7) is 0.210. The van der Waals surface area contributed by atoms with Gasteiger partial charge in [0.05, 0.1) is 0 Å². The Balaban J connectivity index is 1.92. The van der Waals surface area contributed by atoms with Gasteiger partial charge >= 0.3 is 0 Å². The van der Waals surface area contributed by atoms with E-state index in [-0.39, 0.29) is 18.4 Å². The summed E-state index contributed by atoms with van der Waals surface area (Å²) >= 11 is 1.89. The number of hydrogen-bond acceptors (Lipinski definition) is 5. The van der Waals surface area contributed by atoms with Crippen LogP contribution in [0.2, 0.25) is 0 Å². The number of hydrogen-bond donors (Lipinski definition) is 1. The van der Waals surface area contributed by atoms with Gasteiger partial charge in [-0.25, -0.2) is 9.67 Å². The van der Waals surface area contributed by atoms with Gasteiger partial charge in [-0.1, -0.05) is 0 Å². The fraction of sp³-hybridized carbons (Fsp3) is 0.667. The lowest BCUT2D eigenvalue weighted by molar-refractivity contribution is -0.132. The van der Waals surface area contributed by atoms with Crippen LogP contribution in [-0.2, 0) is 11.3 Å². The van der Waals surface area contributed by atoms with Crippen LogP contribution in [0.15, 0.2) is 6.33 Å². The number of likely N-dealkylation sites (N-methyl/N-ethyl adjacent to an activating group) is 1. The van der Waals surface area contributed by atoms with Crippen molar-refractivity contribution in [2.24, 2.45) is 0 Å². The highest BCUT2D eigenvalue weighted by Crippen LogP contribution is 2.21. The van der Waals surface area contributed by atoms with Gasteiger partial charge in [0.15, 0.2) is 0 Å². The number of anilines is 1. The molecule has 0 spiro atoms. The first-order valence-corrected chi connectivity index (χ1v) is 6.30. The summed E-state index contributed by atoms with van der Waals surface area (Å²) in [6, 6.07) is 0.360. The van der Waals surface area contributed by atoms with Crippen LogP contribution in [-0.4, -0.2) is 50.2 Å². The molecule has 88 valence electrons. The Hall–Kier alpha value is -1.24. The van der Waals surface area contributed by atoms with Gasteiger partial charge in [0.25, 0.3) is 0 Å². The lowest BCUT2D eigenvalue weighted by atomic mass is 10.2. The van der Waals surface area contributed by atoms with Gasteiger partial charge < -0.3 is 10.6 Å². The quantitative estimate of drug-likeness (QED) is 0.794. The average Bonchev–Trinajstić information content (AvgIpc) is 2.88. The van der Waals surface area contributed by atoms with E-state index in [0.29, 0.717) is 6.04 Å². The molecule has 0 radical (unpaired) electrons. The predicted molar refractivity (Wildman–Crippen MR) is 62.9 cm³/mol. The first kappa shape index (κ1) is 11.3. The van der Waals surface area contributed by atoms with E-state index in [1.165, 1.54) is 11.0 Å². The van der Waals surface area contributed by atoms with E-state index in [1.807, 2.05) is 18.8 Å². The second-order valence-electron chi connectivity index (χ2n) is 3.82. The number of thioether (sulfide) groups is 1. The molecule has 0 aromatic carbocycles. The maximum Gasteiger partial charge on any atom is 0.244 e. The second kappa shape index (κ2) is 4.73. The number of carbonyl (C=O) groups excluding carboxylic acids is 1. The SMILES string of the molecule is CN(C(=O)Cn1cnc(N)n1)C1CCSC1. The van der Waals surface area contributed by atoms with Crippen molar-refractivity contribution in [3.05, 3.63) is 6.33 Å². The van der Waals surface area contributed by atoms with Crippen molar-refractivity contribution >= 4 is 23.6 Å². The van der Waals surface area contributed by atoms with Crippen molar-refractivity contribution in [1.82, 2.24) is 19.7 Å². The number of nitrogen functional groups attached to an aromatic ring is 1. The topological polar surface area (TPSA) is 77.0 Å². The molecule has 0 aliphatic carbocycles. The highest BCUT2D eigenvalue weighted by Gasteiger charge is 2.23. The summed E-state index contributed by atoms with van der Waals surface area (Å²) in [5.41, 5.74) is 5.38. The summed E-state index contributed by atoms with van der Waals surface area (Å²) < 4.78 is 1.47. The largest absolute Gasteiger partial charge is 0.367 e. The van der Waals surface area contributed by atoms with E-state index in [9.17, 15) is 4.79 Å². The molecule has 2 N–H and O–H groups in total. The first-order chi connectivity index (χ1) is 7.66. The van der Waals surface area contributed by atoms with Crippen molar-refractivity contribution in [3.63, 3.8) is 0 Å². The van der Waals surface area contributed by atoms with Crippen LogP contribution >= 0.6 is 11.8 Å². The van der Waals surface area contributed by atoms with Gasteiger partial charge in [0.2, 0.25) is 11.9 Å². The number of aromatic nitrogens is 3. The maximum absolute atomic E-state index is 11.9. The van der Waals surface area contributed by atoms with E-state index in [4.69, 9.17) is 5.73 Å². The molecule has 1 amide bonds.